The van der Waals surface area contributed by atoms with Gasteiger partial charge in [0.25, 0.3) is 0 Å². The summed E-state index contributed by atoms with van der Waals surface area (Å²) >= 11 is 0. The Balaban J connectivity index is 1.49. The van der Waals surface area contributed by atoms with Crippen molar-refractivity contribution in [3.05, 3.63) is 58.9 Å². The summed E-state index contributed by atoms with van der Waals surface area (Å²) in [6.07, 6.45) is 5.41. The zero-order valence-electron chi connectivity index (χ0n) is 18.9. The summed E-state index contributed by atoms with van der Waals surface area (Å²) in [5.74, 6) is 1.04. The van der Waals surface area contributed by atoms with Crippen molar-refractivity contribution in [2.75, 3.05) is 45.8 Å². The predicted octanol–water partition coefficient (Wildman–Crippen LogP) is 2.88. The van der Waals surface area contributed by atoms with E-state index in [0.717, 1.165) is 63.9 Å². The van der Waals surface area contributed by atoms with Crippen LogP contribution in [0.1, 0.15) is 29.4 Å². The molecule has 1 aliphatic heterocycles. The van der Waals surface area contributed by atoms with Crippen molar-refractivity contribution in [3.8, 4) is 0 Å². The van der Waals surface area contributed by atoms with Crippen molar-refractivity contribution < 1.29 is 0 Å². The van der Waals surface area contributed by atoms with E-state index < -0.39 is 0 Å². The van der Waals surface area contributed by atoms with Gasteiger partial charge in [0.15, 0.2) is 5.96 Å². The molecule has 2 aromatic rings. The second kappa shape index (κ2) is 11.0. The van der Waals surface area contributed by atoms with E-state index in [1.807, 2.05) is 11.7 Å². The summed E-state index contributed by atoms with van der Waals surface area (Å²) in [4.78, 5) is 9.81. The molecule has 1 saturated heterocycles. The molecule has 2 heterocycles. The number of guanidine groups is 1. The van der Waals surface area contributed by atoms with E-state index in [-0.39, 0.29) is 0 Å². The van der Waals surface area contributed by atoms with Gasteiger partial charge in [0, 0.05) is 58.6 Å². The Morgan fingerprint density at radius 2 is 1.87 bits per heavy atom. The fraction of sp³-hybridized carbons (Fsp3) is 0.500. The molecule has 0 unspecified atom stereocenters. The molecule has 6 nitrogen and oxygen atoms in total. The molecule has 3 rings (SSSR count). The highest BCUT2D eigenvalue weighted by atomic mass is 15.3. The zero-order chi connectivity index (χ0) is 21.3. The normalized spacial score (nSPS) is 15.9. The molecule has 1 aliphatic rings. The van der Waals surface area contributed by atoms with Crippen molar-refractivity contribution in [1.82, 2.24) is 24.9 Å². The number of hydrogen-bond donors (Lipinski definition) is 1. The molecule has 1 aromatic carbocycles. The van der Waals surface area contributed by atoms with E-state index >= 15 is 0 Å². The molecular formula is C24H36N6. The summed E-state index contributed by atoms with van der Waals surface area (Å²) in [5.41, 5.74) is 4.95. The van der Waals surface area contributed by atoms with Crippen molar-refractivity contribution in [1.29, 1.82) is 0 Å². The molecule has 0 saturated carbocycles. The fourth-order valence-electron chi connectivity index (χ4n) is 3.92. The van der Waals surface area contributed by atoms with Crippen molar-refractivity contribution >= 4 is 12.0 Å². The van der Waals surface area contributed by atoms with Gasteiger partial charge in [-0.1, -0.05) is 42.5 Å². The van der Waals surface area contributed by atoms with Crippen LogP contribution in [-0.4, -0.2) is 71.4 Å². The van der Waals surface area contributed by atoms with Gasteiger partial charge in [-0.2, -0.15) is 5.10 Å². The van der Waals surface area contributed by atoms with E-state index in [0.29, 0.717) is 0 Å². The molecule has 0 atom stereocenters. The number of rotatable bonds is 7. The standard InChI is InChI=1S/C24H36N6/c1-5-25-24(26-14-13-23-20(2)27-28(4)21(23)3)30-18-16-29(17-19-30)15-9-12-22-10-7-6-8-11-22/h6-12H,5,13-19H2,1-4H3,(H,25,26)/b12-9+. The highest BCUT2D eigenvalue weighted by Crippen LogP contribution is 2.13. The molecule has 0 bridgehead atoms. The van der Waals surface area contributed by atoms with E-state index in [2.05, 4.69) is 83.5 Å². The lowest BCUT2D eigenvalue weighted by atomic mass is 10.1. The van der Waals surface area contributed by atoms with Crippen LogP contribution in [0.25, 0.3) is 6.08 Å². The van der Waals surface area contributed by atoms with Crippen LogP contribution in [0.5, 0.6) is 0 Å². The lowest BCUT2D eigenvalue weighted by Gasteiger charge is -2.36. The summed E-state index contributed by atoms with van der Waals surface area (Å²) in [7, 11) is 2.01. The highest BCUT2D eigenvalue weighted by Gasteiger charge is 2.19. The monoisotopic (exact) mass is 408 g/mol. The molecule has 1 fully saturated rings. The summed E-state index contributed by atoms with van der Waals surface area (Å²) in [6.45, 7) is 13.2. The minimum Gasteiger partial charge on any atom is -0.357 e. The minimum atomic E-state index is 0.787. The van der Waals surface area contributed by atoms with Gasteiger partial charge in [-0.25, -0.2) is 0 Å². The number of piperazine rings is 1. The molecule has 6 heteroatoms. The van der Waals surface area contributed by atoms with E-state index in [1.54, 1.807) is 0 Å². The second-order valence-corrected chi connectivity index (χ2v) is 7.86. The first-order chi connectivity index (χ1) is 14.6. The van der Waals surface area contributed by atoms with E-state index in [4.69, 9.17) is 4.99 Å². The maximum absolute atomic E-state index is 4.91. The first-order valence-corrected chi connectivity index (χ1v) is 11.0. The van der Waals surface area contributed by atoms with Gasteiger partial charge in [0.05, 0.1) is 5.69 Å². The van der Waals surface area contributed by atoms with Crippen LogP contribution in [0.3, 0.4) is 0 Å². The van der Waals surface area contributed by atoms with Crippen LogP contribution in [0.15, 0.2) is 41.4 Å². The third-order valence-corrected chi connectivity index (χ3v) is 5.76. The number of aliphatic imine (C=N–C) groups is 1. The lowest BCUT2D eigenvalue weighted by Crippen LogP contribution is -2.52. The number of aromatic nitrogens is 2. The molecular weight excluding hydrogens is 372 g/mol. The third kappa shape index (κ3) is 5.95. The Bertz CT molecular complexity index is 844. The molecule has 1 N–H and O–H groups in total. The van der Waals surface area contributed by atoms with Crippen molar-refractivity contribution in [2.45, 2.75) is 27.2 Å². The minimum absolute atomic E-state index is 0.787. The Labute approximate surface area is 181 Å². The van der Waals surface area contributed by atoms with Gasteiger partial charge in [0.2, 0.25) is 0 Å². The summed E-state index contributed by atoms with van der Waals surface area (Å²) in [5, 5.41) is 7.99. The average Bonchev–Trinajstić information content (AvgIpc) is 3.00. The lowest BCUT2D eigenvalue weighted by molar-refractivity contribution is 0.194. The third-order valence-electron chi connectivity index (χ3n) is 5.76. The molecule has 0 amide bonds. The first-order valence-electron chi connectivity index (χ1n) is 11.0. The average molecular weight is 409 g/mol. The van der Waals surface area contributed by atoms with Crippen LogP contribution >= 0.6 is 0 Å². The van der Waals surface area contributed by atoms with Gasteiger partial charge in [0.1, 0.15) is 0 Å². The molecule has 162 valence electrons. The smallest absolute Gasteiger partial charge is 0.194 e. The molecule has 0 aliphatic carbocycles. The summed E-state index contributed by atoms with van der Waals surface area (Å²) < 4.78 is 1.96. The highest BCUT2D eigenvalue weighted by molar-refractivity contribution is 5.80. The van der Waals surface area contributed by atoms with Crippen LogP contribution in [0.4, 0.5) is 0 Å². The quantitative estimate of drug-likeness (QED) is 0.565. The Hall–Kier alpha value is -2.60. The van der Waals surface area contributed by atoms with Crippen LogP contribution in [0, 0.1) is 13.8 Å². The second-order valence-electron chi connectivity index (χ2n) is 7.86. The number of aryl methyl sites for hydroxylation is 2. The predicted molar refractivity (Wildman–Crippen MR) is 126 cm³/mol. The van der Waals surface area contributed by atoms with Crippen molar-refractivity contribution in [2.24, 2.45) is 12.0 Å². The van der Waals surface area contributed by atoms with Gasteiger partial charge in [-0.05, 0) is 38.3 Å². The summed E-state index contributed by atoms with van der Waals surface area (Å²) in [6, 6.07) is 10.5. The van der Waals surface area contributed by atoms with Crippen molar-refractivity contribution in [3.63, 3.8) is 0 Å². The zero-order valence-corrected chi connectivity index (χ0v) is 18.9. The number of nitrogens with zero attached hydrogens (tertiary/aromatic N) is 5. The van der Waals surface area contributed by atoms with E-state index in [1.165, 1.54) is 16.8 Å². The van der Waals surface area contributed by atoms with Gasteiger partial charge >= 0.3 is 0 Å². The number of benzene rings is 1. The molecule has 30 heavy (non-hydrogen) atoms. The Morgan fingerprint density at radius 3 is 2.50 bits per heavy atom. The Kier molecular flexibility index (Phi) is 8.08. The largest absolute Gasteiger partial charge is 0.357 e. The van der Waals surface area contributed by atoms with Crippen LogP contribution in [0.2, 0.25) is 0 Å². The molecule has 0 spiro atoms. The number of nitrogens with one attached hydrogen (secondary N) is 1. The topological polar surface area (TPSA) is 48.7 Å². The maximum Gasteiger partial charge on any atom is 0.194 e. The fourth-order valence-corrected chi connectivity index (χ4v) is 3.92. The van der Waals surface area contributed by atoms with Crippen LogP contribution in [-0.2, 0) is 13.5 Å². The van der Waals surface area contributed by atoms with Gasteiger partial charge < -0.3 is 10.2 Å². The van der Waals surface area contributed by atoms with Crippen LogP contribution < -0.4 is 5.32 Å². The number of hydrogen-bond acceptors (Lipinski definition) is 3. The van der Waals surface area contributed by atoms with Gasteiger partial charge in [-0.15, -0.1) is 0 Å². The van der Waals surface area contributed by atoms with Gasteiger partial charge in [-0.3, -0.25) is 14.6 Å². The molecule has 1 aromatic heterocycles. The Morgan fingerprint density at radius 1 is 1.13 bits per heavy atom. The SMILES string of the molecule is CCNC(=NCCc1c(C)nn(C)c1C)N1CCN(C/C=C/c2ccccc2)CC1. The van der Waals surface area contributed by atoms with E-state index in [9.17, 15) is 0 Å². The first kappa shape index (κ1) is 22.1. The molecule has 0 radical (unpaired) electrons. The maximum atomic E-state index is 4.91.